The predicted molar refractivity (Wildman–Crippen MR) is 91.3 cm³/mol. The molecular formula is C16H23Cl2N3. The lowest BCUT2D eigenvalue weighted by molar-refractivity contribution is 0.211. The summed E-state index contributed by atoms with van der Waals surface area (Å²) in [6.45, 7) is 8.26. The van der Waals surface area contributed by atoms with Crippen molar-refractivity contribution in [1.82, 2.24) is 14.5 Å². The van der Waals surface area contributed by atoms with E-state index in [-0.39, 0.29) is 10.8 Å². The smallest absolute Gasteiger partial charge is 0.127 e. The fourth-order valence-corrected chi connectivity index (χ4v) is 3.40. The van der Waals surface area contributed by atoms with E-state index in [1.54, 1.807) is 0 Å². The van der Waals surface area contributed by atoms with Gasteiger partial charge in [-0.05, 0) is 38.6 Å². The molecule has 0 radical (unpaired) electrons. The van der Waals surface area contributed by atoms with E-state index >= 15 is 0 Å². The van der Waals surface area contributed by atoms with Crippen molar-refractivity contribution in [2.24, 2.45) is 5.41 Å². The fraction of sp³-hybridized carbons (Fsp3) is 0.562. The van der Waals surface area contributed by atoms with E-state index in [0.717, 1.165) is 35.0 Å². The van der Waals surface area contributed by atoms with Crippen LogP contribution in [0.15, 0.2) is 18.2 Å². The second-order valence-electron chi connectivity index (χ2n) is 6.68. The summed E-state index contributed by atoms with van der Waals surface area (Å²) in [7, 11) is 4.18. The number of benzene rings is 1. The fourth-order valence-electron chi connectivity index (χ4n) is 2.96. The zero-order chi connectivity index (χ0) is 15.8. The molecule has 0 saturated heterocycles. The van der Waals surface area contributed by atoms with Crippen molar-refractivity contribution < 1.29 is 0 Å². The highest BCUT2D eigenvalue weighted by Crippen LogP contribution is 2.32. The van der Waals surface area contributed by atoms with Crippen LogP contribution >= 0.6 is 23.2 Å². The molecule has 1 aromatic carbocycles. The van der Waals surface area contributed by atoms with Gasteiger partial charge in [-0.2, -0.15) is 0 Å². The third-order valence-electron chi connectivity index (χ3n) is 3.43. The van der Waals surface area contributed by atoms with Crippen molar-refractivity contribution in [3.05, 3.63) is 29.0 Å². The molecule has 3 nitrogen and oxygen atoms in total. The first-order chi connectivity index (χ1) is 9.71. The third kappa shape index (κ3) is 3.71. The molecule has 21 heavy (non-hydrogen) atoms. The Morgan fingerprint density at radius 1 is 1.33 bits per heavy atom. The van der Waals surface area contributed by atoms with Gasteiger partial charge in [-0.1, -0.05) is 31.5 Å². The van der Waals surface area contributed by atoms with Crippen LogP contribution in [0.3, 0.4) is 0 Å². The molecule has 1 unspecified atom stereocenters. The molecule has 0 amide bonds. The topological polar surface area (TPSA) is 21.1 Å². The first-order valence-corrected chi connectivity index (χ1v) is 7.96. The van der Waals surface area contributed by atoms with Crippen LogP contribution in [0.2, 0.25) is 5.02 Å². The molecule has 2 aromatic rings. The van der Waals surface area contributed by atoms with Crippen molar-refractivity contribution in [3.8, 4) is 0 Å². The average Bonchev–Trinajstić information content (AvgIpc) is 2.67. The SMILES string of the molecule is CC(Cl)c1nc2cccc(Cl)c2n1CC(C)(C)CN(C)C. The summed E-state index contributed by atoms with van der Waals surface area (Å²) < 4.78 is 2.18. The van der Waals surface area contributed by atoms with Crippen molar-refractivity contribution >= 4 is 34.2 Å². The quantitative estimate of drug-likeness (QED) is 0.749. The van der Waals surface area contributed by atoms with Crippen LogP contribution in [0, 0.1) is 5.41 Å². The lowest BCUT2D eigenvalue weighted by atomic mass is 9.92. The number of nitrogens with zero attached hydrogens (tertiary/aromatic N) is 3. The number of hydrogen-bond acceptors (Lipinski definition) is 2. The van der Waals surface area contributed by atoms with Crippen LogP contribution in [0.1, 0.15) is 32.0 Å². The summed E-state index contributed by atoms with van der Waals surface area (Å²) in [5.41, 5.74) is 1.98. The maximum atomic E-state index is 6.40. The number of alkyl halides is 1. The summed E-state index contributed by atoms with van der Waals surface area (Å²) in [6, 6.07) is 5.82. The van der Waals surface area contributed by atoms with Gasteiger partial charge in [0.2, 0.25) is 0 Å². The van der Waals surface area contributed by atoms with Gasteiger partial charge in [-0.25, -0.2) is 4.98 Å². The van der Waals surface area contributed by atoms with E-state index in [1.807, 2.05) is 25.1 Å². The molecule has 0 aliphatic rings. The molecule has 1 atom stereocenters. The van der Waals surface area contributed by atoms with E-state index < -0.39 is 0 Å². The Morgan fingerprint density at radius 2 is 2.00 bits per heavy atom. The third-order valence-corrected chi connectivity index (χ3v) is 3.93. The Labute approximate surface area is 136 Å². The molecule has 0 spiro atoms. The molecule has 0 aliphatic heterocycles. The van der Waals surface area contributed by atoms with Gasteiger partial charge < -0.3 is 9.47 Å². The number of para-hydroxylation sites is 1. The molecule has 5 heteroatoms. The van der Waals surface area contributed by atoms with Gasteiger partial charge in [0, 0.05) is 13.1 Å². The molecule has 0 N–H and O–H groups in total. The van der Waals surface area contributed by atoms with Gasteiger partial charge in [0.15, 0.2) is 0 Å². The minimum Gasteiger partial charge on any atom is -0.325 e. The molecule has 1 heterocycles. The highest BCUT2D eigenvalue weighted by Gasteiger charge is 2.25. The van der Waals surface area contributed by atoms with Crippen molar-refractivity contribution in [2.45, 2.75) is 32.7 Å². The summed E-state index contributed by atoms with van der Waals surface area (Å²) in [5, 5.41) is 0.577. The second-order valence-corrected chi connectivity index (χ2v) is 7.74. The van der Waals surface area contributed by atoms with Crippen LogP contribution < -0.4 is 0 Å². The van der Waals surface area contributed by atoms with Gasteiger partial charge in [0.1, 0.15) is 5.82 Å². The van der Waals surface area contributed by atoms with Gasteiger partial charge in [0.25, 0.3) is 0 Å². The Kier molecular flexibility index (Phi) is 4.86. The van der Waals surface area contributed by atoms with E-state index in [2.05, 4.69) is 42.4 Å². The van der Waals surface area contributed by atoms with Crippen LogP contribution in [0.5, 0.6) is 0 Å². The van der Waals surface area contributed by atoms with Crippen LogP contribution in [-0.4, -0.2) is 35.1 Å². The molecular weight excluding hydrogens is 305 g/mol. The zero-order valence-corrected chi connectivity index (χ0v) is 14.8. The molecule has 0 bridgehead atoms. The molecule has 0 saturated carbocycles. The number of halogens is 2. The van der Waals surface area contributed by atoms with E-state index in [9.17, 15) is 0 Å². The highest BCUT2D eigenvalue weighted by molar-refractivity contribution is 6.35. The van der Waals surface area contributed by atoms with Crippen molar-refractivity contribution in [2.75, 3.05) is 20.6 Å². The lowest BCUT2D eigenvalue weighted by Gasteiger charge is -2.30. The van der Waals surface area contributed by atoms with E-state index in [1.165, 1.54) is 0 Å². The Hall–Kier alpha value is -0.770. The second kappa shape index (κ2) is 6.15. The average molecular weight is 328 g/mol. The summed E-state index contributed by atoms with van der Waals surface area (Å²) in [5.74, 6) is 0.881. The summed E-state index contributed by atoms with van der Waals surface area (Å²) in [6.07, 6.45) is 0. The maximum Gasteiger partial charge on any atom is 0.127 e. The molecule has 0 fully saturated rings. The molecule has 116 valence electrons. The van der Waals surface area contributed by atoms with Gasteiger partial charge in [0.05, 0.1) is 21.4 Å². The Morgan fingerprint density at radius 3 is 2.57 bits per heavy atom. The molecule has 0 aliphatic carbocycles. The minimum absolute atomic E-state index is 0.0941. The van der Waals surface area contributed by atoms with Gasteiger partial charge in [-0.15, -0.1) is 11.6 Å². The van der Waals surface area contributed by atoms with Crippen molar-refractivity contribution in [3.63, 3.8) is 0 Å². The van der Waals surface area contributed by atoms with Gasteiger partial charge in [-0.3, -0.25) is 0 Å². The molecule has 1 aromatic heterocycles. The number of imidazole rings is 1. The maximum absolute atomic E-state index is 6.40. The monoisotopic (exact) mass is 327 g/mol. The lowest BCUT2D eigenvalue weighted by Crippen LogP contribution is -2.32. The van der Waals surface area contributed by atoms with E-state index in [4.69, 9.17) is 23.2 Å². The highest BCUT2D eigenvalue weighted by atomic mass is 35.5. The number of aromatic nitrogens is 2. The normalized spacial score (nSPS) is 14.1. The number of hydrogen-bond donors (Lipinski definition) is 0. The first-order valence-electron chi connectivity index (χ1n) is 7.15. The zero-order valence-electron chi connectivity index (χ0n) is 13.3. The number of fused-ring (bicyclic) bond motifs is 1. The first kappa shape index (κ1) is 16.6. The van der Waals surface area contributed by atoms with Crippen molar-refractivity contribution in [1.29, 1.82) is 0 Å². The van der Waals surface area contributed by atoms with Crippen LogP contribution in [0.4, 0.5) is 0 Å². The largest absolute Gasteiger partial charge is 0.325 e. The standard InChI is InChI=1S/C16H23Cl2N3/c1-11(17)15-19-13-8-6-7-12(18)14(13)21(15)10-16(2,3)9-20(4)5/h6-8,11H,9-10H2,1-5H3. The number of rotatable bonds is 5. The predicted octanol–water partition coefficient (Wildman–Crippen LogP) is 4.58. The summed E-state index contributed by atoms with van der Waals surface area (Å²) >= 11 is 12.7. The van der Waals surface area contributed by atoms with Crippen LogP contribution in [-0.2, 0) is 6.54 Å². The van der Waals surface area contributed by atoms with E-state index in [0.29, 0.717) is 0 Å². The van der Waals surface area contributed by atoms with Crippen LogP contribution in [0.25, 0.3) is 11.0 Å². The molecule has 2 rings (SSSR count). The van der Waals surface area contributed by atoms with Gasteiger partial charge >= 0.3 is 0 Å². The minimum atomic E-state index is -0.149. The summed E-state index contributed by atoms with van der Waals surface area (Å²) in [4.78, 5) is 6.87. The Balaban J connectivity index is 2.53. The Bertz CT molecular complexity index is 630.